The first-order chi connectivity index (χ1) is 11.1. The van der Waals surface area contributed by atoms with E-state index in [9.17, 15) is 8.78 Å². The Labute approximate surface area is 141 Å². The maximum Gasteiger partial charge on any atom is 0.250 e. The van der Waals surface area contributed by atoms with Gasteiger partial charge in [0.15, 0.2) is 5.13 Å². The van der Waals surface area contributed by atoms with Gasteiger partial charge in [-0.05, 0) is 30.0 Å². The number of rotatable bonds is 5. The van der Waals surface area contributed by atoms with Crippen LogP contribution in [-0.4, -0.2) is 42.0 Å². The van der Waals surface area contributed by atoms with E-state index >= 15 is 0 Å². The number of anilines is 1. The molecule has 0 unspecified atom stereocenters. The van der Waals surface area contributed by atoms with Crippen LogP contribution in [0.3, 0.4) is 0 Å². The normalized spacial score (nSPS) is 18.0. The van der Waals surface area contributed by atoms with Crippen LogP contribution in [0.2, 0.25) is 0 Å². The van der Waals surface area contributed by atoms with Crippen molar-refractivity contribution in [1.82, 2.24) is 9.88 Å². The molecule has 1 fully saturated rings. The van der Waals surface area contributed by atoms with Crippen molar-refractivity contribution in [1.29, 1.82) is 5.26 Å². The number of nitrogens with zero attached hydrogens (tertiary/aromatic N) is 3. The summed E-state index contributed by atoms with van der Waals surface area (Å²) in [5, 5.41) is 14.8. The predicted molar refractivity (Wildman–Crippen MR) is 90.2 cm³/mol. The van der Waals surface area contributed by atoms with Crippen molar-refractivity contribution >= 4 is 38.4 Å². The second-order valence-electron chi connectivity index (χ2n) is 5.47. The average molecular weight is 354 g/mol. The lowest BCUT2D eigenvalue weighted by Gasteiger charge is -2.31. The summed E-state index contributed by atoms with van der Waals surface area (Å²) in [6.07, 6.45) is -0.0963. The van der Waals surface area contributed by atoms with Crippen molar-refractivity contribution in [3.8, 4) is 5.40 Å². The van der Waals surface area contributed by atoms with Gasteiger partial charge in [0.25, 0.3) is 5.92 Å². The quantitative estimate of drug-likeness (QED) is 0.649. The Bertz CT molecular complexity index is 716. The number of fused-ring (bicyclic) bond motifs is 1. The summed E-state index contributed by atoms with van der Waals surface area (Å²) in [6, 6.07) is 5.75. The number of piperidine rings is 1. The Morgan fingerprint density at radius 3 is 2.91 bits per heavy atom. The molecule has 0 aliphatic carbocycles. The maximum absolute atomic E-state index is 13.1. The zero-order valence-electron chi connectivity index (χ0n) is 12.4. The van der Waals surface area contributed by atoms with Crippen molar-refractivity contribution in [2.75, 3.05) is 31.5 Å². The standard InChI is InChI=1S/C15H16F2N4S2/c16-15(17)3-6-21(7-4-15)8-5-19-14-20-12-2-1-11(22-10-18)9-13(12)23-14/h1-2,9H,3-8H2,(H,19,20). The molecule has 0 spiro atoms. The number of thiazole rings is 1. The molecule has 2 heterocycles. The highest BCUT2D eigenvalue weighted by molar-refractivity contribution is 8.03. The second-order valence-corrected chi connectivity index (χ2v) is 7.36. The molecule has 0 atom stereocenters. The van der Waals surface area contributed by atoms with Crippen LogP contribution in [0.4, 0.5) is 13.9 Å². The minimum Gasteiger partial charge on any atom is -0.360 e. The number of thioether (sulfide) groups is 1. The highest BCUT2D eigenvalue weighted by Crippen LogP contribution is 2.30. The lowest BCUT2D eigenvalue weighted by atomic mass is 10.1. The molecule has 0 saturated carbocycles. The molecule has 1 aromatic carbocycles. The Kier molecular flexibility index (Phi) is 4.99. The van der Waals surface area contributed by atoms with E-state index in [0.717, 1.165) is 38.6 Å². The molecule has 3 rings (SSSR count). The van der Waals surface area contributed by atoms with Gasteiger partial charge in [0, 0.05) is 43.9 Å². The third kappa shape index (κ3) is 4.31. The van der Waals surface area contributed by atoms with Gasteiger partial charge >= 0.3 is 0 Å². The van der Waals surface area contributed by atoms with Crippen molar-refractivity contribution in [2.24, 2.45) is 0 Å². The summed E-state index contributed by atoms with van der Waals surface area (Å²) in [6.45, 7) is 2.32. The first-order valence-electron chi connectivity index (χ1n) is 7.36. The topological polar surface area (TPSA) is 52.0 Å². The minimum absolute atomic E-state index is 0.0481. The minimum atomic E-state index is -2.49. The number of hydrogen-bond acceptors (Lipinski definition) is 6. The number of thiocyanates is 1. The van der Waals surface area contributed by atoms with E-state index in [4.69, 9.17) is 5.26 Å². The van der Waals surface area contributed by atoms with E-state index in [1.54, 1.807) is 11.3 Å². The zero-order valence-corrected chi connectivity index (χ0v) is 14.0. The zero-order chi connectivity index (χ0) is 16.3. The van der Waals surface area contributed by atoms with Gasteiger partial charge in [0.2, 0.25) is 0 Å². The molecule has 1 aromatic heterocycles. The average Bonchev–Trinajstić information content (AvgIpc) is 2.91. The number of nitriles is 1. The molecule has 2 aromatic rings. The number of likely N-dealkylation sites (tertiary alicyclic amines) is 1. The molecule has 122 valence electrons. The van der Waals surface area contributed by atoms with Gasteiger partial charge in [-0.15, -0.1) is 0 Å². The first-order valence-corrected chi connectivity index (χ1v) is 9.00. The molecule has 0 radical (unpaired) electrons. The summed E-state index contributed by atoms with van der Waals surface area (Å²) in [4.78, 5) is 7.46. The fourth-order valence-electron chi connectivity index (χ4n) is 2.52. The number of alkyl halides is 2. The Hall–Kier alpha value is -1.43. The number of aromatic nitrogens is 1. The molecule has 8 heteroatoms. The summed E-state index contributed by atoms with van der Waals surface area (Å²) >= 11 is 2.67. The van der Waals surface area contributed by atoms with Gasteiger partial charge < -0.3 is 10.2 Å². The largest absolute Gasteiger partial charge is 0.360 e. The van der Waals surface area contributed by atoms with Crippen LogP contribution < -0.4 is 5.32 Å². The summed E-state index contributed by atoms with van der Waals surface area (Å²) < 4.78 is 27.2. The van der Waals surface area contributed by atoms with Crippen LogP contribution in [-0.2, 0) is 0 Å². The van der Waals surface area contributed by atoms with Gasteiger partial charge in [0.1, 0.15) is 5.40 Å². The SMILES string of the molecule is N#CSc1ccc2nc(NCCN3CCC(F)(F)CC3)sc2c1. The van der Waals surface area contributed by atoms with Crippen molar-refractivity contribution in [3.63, 3.8) is 0 Å². The van der Waals surface area contributed by atoms with E-state index in [1.807, 2.05) is 18.2 Å². The van der Waals surface area contributed by atoms with E-state index in [-0.39, 0.29) is 12.8 Å². The van der Waals surface area contributed by atoms with Crippen molar-refractivity contribution in [3.05, 3.63) is 18.2 Å². The lowest BCUT2D eigenvalue weighted by molar-refractivity contribution is -0.0543. The summed E-state index contributed by atoms with van der Waals surface area (Å²) in [5.74, 6) is -2.49. The number of halogens is 2. The summed E-state index contributed by atoms with van der Waals surface area (Å²) in [5.41, 5.74) is 0.900. The lowest BCUT2D eigenvalue weighted by Crippen LogP contribution is -2.41. The molecule has 1 saturated heterocycles. The van der Waals surface area contributed by atoms with Crippen molar-refractivity contribution < 1.29 is 8.78 Å². The molecule has 0 bridgehead atoms. The van der Waals surface area contributed by atoms with Gasteiger partial charge in [-0.2, -0.15) is 5.26 Å². The van der Waals surface area contributed by atoms with Crippen LogP contribution in [0.5, 0.6) is 0 Å². The Balaban J connectivity index is 1.52. The van der Waals surface area contributed by atoms with Crippen LogP contribution in [0, 0.1) is 10.7 Å². The predicted octanol–water partition coefficient (Wildman–Crippen LogP) is 4.01. The van der Waals surface area contributed by atoms with Crippen molar-refractivity contribution in [2.45, 2.75) is 23.7 Å². The molecular weight excluding hydrogens is 338 g/mol. The van der Waals surface area contributed by atoms with E-state index in [2.05, 4.69) is 20.6 Å². The number of hydrogen-bond donors (Lipinski definition) is 1. The number of nitrogens with one attached hydrogen (secondary N) is 1. The highest BCUT2D eigenvalue weighted by Gasteiger charge is 2.33. The van der Waals surface area contributed by atoms with Crippen LogP contribution in [0.25, 0.3) is 10.2 Å². The fourth-order valence-corrected chi connectivity index (χ4v) is 3.95. The number of benzene rings is 1. The molecular formula is C15H16F2N4S2. The van der Waals surface area contributed by atoms with Crippen LogP contribution in [0.15, 0.2) is 23.1 Å². The molecule has 0 amide bonds. The fraction of sp³-hybridized carbons (Fsp3) is 0.467. The van der Waals surface area contributed by atoms with Gasteiger partial charge in [-0.1, -0.05) is 11.3 Å². The third-order valence-electron chi connectivity index (χ3n) is 3.82. The Morgan fingerprint density at radius 1 is 1.39 bits per heavy atom. The van der Waals surface area contributed by atoms with Crippen LogP contribution >= 0.6 is 23.1 Å². The summed E-state index contributed by atoms with van der Waals surface area (Å²) in [7, 11) is 0. The highest BCUT2D eigenvalue weighted by atomic mass is 32.2. The van der Waals surface area contributed by atoms with Crippen LogP contribution in [0.1, 0.15) is 12.8 Å². The smallest absolute Gasteiger partial charge is 0.250 e. The maximum atomic E-state index is 13.1. The molecule has 4 nitrogen and oxygen atoms in total. The molecule has 1 N–H and O–H groups in total. The first kappa shape index (κ1) is 16.4. The van der Waals surface area contributed by atoms with Gasteiger partial charge in [0.05, 0.1) is 10.2 Å². The molecule has 1 aliphatic heterocycles. The molecule has 1 aliphatic rings. The third-order valence-corrected chi connectivity index (χ3v) is 5.37. The Morgan fingerprint density at radius 2 is 2.17 bits per heavy atom. The second kappa shape index (κ2) is 6.99. The monoisotopic (exact) mass is 354 g/mol. The van der Waals surface area contributed by atoms with Gasteiger partial charge in [-0.3, -0.25) is 0 Å². The molecule has 23 heavy (non-hydrogen) atoms. The van der Waals surface area contributed by atoms with E-state index < -0.39 is 5.92 Å². The van der Waals surface area contributed by atoms with Gasteiger partial charge in [-0.25, -0.2) is 13.8 Å². The van der Waals surface area contributed by atoms with E-state index in [1.165, 1.54) is 0 Å². The van der Waals surface area contributed by atoms with E-state index in [0.29, 0.717) is 19.6 Å².